The molecule has 0 radical (unpaired) electrons. The Labute approximate surface area is 102 Å². The number of quaternary nitrogens is 1. The molecule has 17 heavy (non-hydrogen) atoms. The van der Waals surface area contributed by atoms with Crippen molar-refractivity contribution < 1.29 is 5.32 Å². The standard InChI is InChI=1S/C16H17N/c1-3-7-13(8-4-1)15-11-16(17-12-15)14-9-5-2-6-10-14/h1-10,15-17H,11-12H2/p+1. The van der Waals surface area contributed by atoms with E-state index in [1.165, 1.54) is 24.1 Å². The van der Waals surface area contributed by atoms with Gasteiger partial charge < -0.3 is 5.32 Å². The van der Waals surface area contributed by atoms with Crippen LogP contribution in [0.3, 0.4) is 0 Å². The molecule has 86 valence electrons. The monoisotopic (exact) mass is 224 g/mol. The average Bonchev–Trinajstić information content (AvgIpc) is 2.90. The highest BCUT2D eigenvalue weighted by molar-refractivity contribution is 5.23. The summed E-state index contributed by atoms with van der Waals surface area (Å²) in [4.78, 5) is 0. The van der Waals surface area contributed by atoms with Crippen LogP contribution in [0.1, 0.15) is 29.5 Å². The molecule has 1 saturated heterocycles. The van der Waals surface area contributed by atoms with E-state index in [1.807, 2.05) is 0 Å². The van der Waals surface area contributed by atoms with Gasteiger partial charge in [-0.25, -0.2) is 0 Å². The zero-order valence-electron chi connectivity index (χ0n) is 9.92. The summed E-state index contributed by atoms with van der Waals surface area (Å²) in [5.41, 5.74) is 2.95. The lowest BCUT2D eigenvalue weighted by molar-refractivity contribution is -0.677. The van der Waals surface area contributed by atoms with Gasteiger partial charge in [0.2, 0.25) is 0 Å². The van der Waals surface area contributed by atoms with Crippen LogP contribution in [0.5, 0.6) is 0 Å². The van der Waals surface area contributed by atoms with Crippen molar-refractivity contribution in [2.45, 2.75) is 18.4 Å². The first-order valence-corrected chi connectivity index (χ1v) is 6.37. The summed E-state index contributed by atoms with van der Waals surface area (Å²) in [6.07, 6.45) is 1.26. The molecule has 1 nitrogen and oxygen atoms in total. The predicted molar refractivity (Wildman–Crippen MR) is 69.8 cm³/mol. The number of hydrogen-bond donors (Lipinski definition) is 1. The van der Waals surface area contributed by atoms with Gasteiger partial charge in [0, 0.05) is 17.9 Å². The molecule has 1 heterocycles. The van der Waals surface area contributed by atoms with Crippen molar-refractivity contribution in [3.8, 4) is 0 Å². The molecule has 0 bridgehead atoms. The molecule has 1 aliphatic heterocycles. The van der Waals surface area contributed by atoms with Gasteiger partial charge in [-0.05, 0) is 5.56 Å². The van der Waals surface area contributed by atoms with Crippen LogP contribution in [0.2, 0.25) is 0 Å². The molecule has 1 heteroatoms. The summed E-state index contributed by atoms with van der Waals surface area (Å²) in [7, 11) is 0. The maximum atomic E-state index is 2.48. The lowest BCUT2D eigenvalue weighted by atomic mass is 9.94. The summed E-state index contributed by atoms with van der Waals surface area (Å²) >= 11 is 0. The van der Waals surface area contributed by atoms with Gasteiger partial charge in [0.25, 0.3) is 0 Å². The van der Waals surface area contributed by atoms with E-state index >= 15 is 0 Å². The minimum atomic E-state index is 0.640. The predicted octanol–water partition coefficient (Wildman–Crippen LogP) is 2.48. The van der Waals surface area contributed by atoms with Crippen molar-refractivity contribution >= 4 is 0 Å². The van der Waals surface area contributed by atoms with E-state index in [0.717, 1.165) is 0 Å². The van der Waals surface area contributed by atoms with Gasteiger partial charge in [0.15, 0.2) is 0 Å². The molecule has 2 unspecified atom stereocenters. The molecule has 0 amide bonds. The Hall–Kier alpha value is -1.60. The SMILES string of the molecule is c1ccc(C2C[NH2+]C(c3ccccc3)C2)cc1. The Morgan fingerprint density at radius 2 is 1.35 bits per heavy atom. The highest BCUT2D eigenvalue weighted by atomic mass is 14.9. The molecular weight excluding hydrogens is 206 g/mol. The van der Waals surface area contributed by atoms with Crippen molar-refractivity contribution in [1.82, 2.24) is 0 Å². The maximum Gasteiger partial charge on any atom is 0.112 e. The Kier molecular flexibility index (Phi) is 2.93. The van der Waals surface area contributed by atoms with Crippen LogP contribution < -0.4 is 5.32 Å². The summed E-state index contributed by atoms with van der Waals surface area (Å²) in [5, 5.41) is 2.48. The third kappa shape index (κ3) is 2.25. The molecule has 0 spiro atoms. The Morgan fingerprint density at radius 1 is 0.765 bits per heavy atom. The number of rotatable bonds is 2. The van der Waals surface area contributed by atoms with E-state index in [9.17, 15) is 0 Å². The molecule has 2 N–H and O–H groups in total. The van der Waals surface area contributed by atoms with Gasteiger partial charge in [-0.15, -0.1) is 0 Å². The smallest absolute Gasteiger partial charge is 0.112 e. The first-order valence-electron chi connectivity index (χ1n) is 6.37. The van der Waals surface area contributed by atoms with Crippen LogP contribution in [0, 0.1) is 0 Å². The number of hydrogen-bond acceptors (Lipinski definition) is 0. The quantitative estimate of drug-likeness (QED) is 0.807. The van der Waals surface area contributed by atoms with Crippen LogP contribution in [0.15, 0.2) is 60.7 Å². The van der Waals surface area contributed by atoms with Crippen LogP contribution in [-0.2, 0) is 0 Å². The lowest BCUT2D eigenvalue weighted by Crippen LogP contribution is -2.82. The third-order valence-corrected chi connectivity index (χ3v) is 3.74. The van der Waals surface area contributed by atoms with Crippen LogP contribution >= 0.6 is 0 Å². The topological polar surface area (TPSA) is 16.6 Å². The molecule has 1 fully saturated rings. The van der Waals surface area contributed by atoms with Gasteiger partial charge in [0.1, 0.15) is 6.04 Å². The minimum absolute atomic E-state index is 0.640. The zero-order chi connectivity index (χ0) is 11.5. The van der Waals surface area contributed by atoms with E-state index in [-0.39, 0.29) is 0 Å². The van der Waals surface area contributed by atoms with Gasteiger partial charge in [-0.1, -0.05) is 60.7 Å². The van der Waals surface area contributed by atoms with Gasteiger partial charge in [-0.2, -0.15) is 0 Å². The molecular formula is C16H18N+. The van der Waals surface area contributed by atoms with Crippen molar-refractivity contribution in [3.05, 3.63) is 71.8 Å². The molecule has 2 aromatic rings. The fourth-order valence-electron chi connectivity index (χ4n) is 2.80. The molecule has 2 aromatic carbocycles. The second-order valence-electron chi connectivity index (χ2n) is 4.83. The van der Waals surface area contributed by atoms with E-state index < -0.39 is 0 Å². The Bertz CT molecular complexity index is 418. The average molecular weight is 224 g/mol. The first-order chi connectivity index (χ1) is 8.43. The van der Waals surface area contributed by atoms with Crippen LogP contribution in [-0.4, -0.2) is 6.54 Å². The third-order valence-electron chi connectivity index (χ3n) is 3.74. The molecule has 0 saturated carbocycles. The van der Waals surface area contributed by atoms with Crippen LogP contribution in [0.25, 0.3) is 0 Å². The van der Waals surface area contributed by atoms with E-state index in [0.29, 0.717) is 12.0 Å². The highest BCUT2D eigenvalue weighted by Crippen LogP contribution is 2.28. The first kappa shape index (κ1) is 10.5. The maximum absolute atomic E-state index is 2.48. The lowest BCUT2D eigenvalue weighted by Gasteiger charge is -2.07. The molecule has 0 aliphatic carbocycles. The van der Waals surface area contributed by atoms with Crippen molar-refractivity contribution in [1.29, 1.82) is 0 Å². The van der Waals surface area contributed by atoms with Crippen molar-refractivity contribution in [2.24, 2.45) is 0 Å². The van der Waals surface area contributed by atoms with E-state index in [2.05, 4.69) is 66.0 Å². The largest absolute Gasteiger partial charge is 0.340 e. The fourth-order valence-corrected chi connectivity index (χ4v) is 2.80. The molecule has 1 aliphatic rings. The highest BCUT2D eigenvalue weighted by Gasteiger charge is 2.29. The van der Waals surface area contributed by atoms with E-state index in [4.69, 9.17) is 0 Å². The molecule has 2 atom stereocenters. The molecule has 0 aromatic heterocycles. The summed E-state index contributed by atoms with van der Waals surface area (Å²) in [5.74, 6) is 0.710. The number of benzene rings is 2. The Balaban J connectivity index is 1.75. The van der Waals surface area contributed by atoms with Crippen molar-refractivity contribution in [3.63, 3.8) is 0 Å². The number of nitrogens with two attached hydrogens (primary N) is 1. The second-order valence-corrected chi connectivity index (χ2v) is 4.83. The Morgan fingerprint density at radius 3 is 2.00 bits per heavy atom. The second kappa shape index (κ2) is 4.72. The normalized spacial score (nSPS) is 23.8. The van der Waals surface area contributed by atoms with Gasteiger partial charge >= 0.3 is 0 Å². The van der Waals surface area contributed by atoms with E-state index in [1.54, 1.807) is 0 Å². The zero-order valence-corrected chi connectivity index (χ0v) is 9.92. The summed E-state index contributed by atoms with van der Waals surface area (Å²) < 4.78 is 0. The van der Waals surface area contributed by atoms with Gasteiger partial charge in [-0.3, -0.25) is 0 Å². The summed E-state index contributed by atoms with van der Waals surface area (Å²) in [6, 6.07) is 22.4. The minimum Gasteiger partial charge on any atom is -0.340 e. The van der Waals surface area contributed by atoms with Crippen LogP contribution in [0.4, 0.5) is 0 Å². The fraction of sp³-hybridized carbons (Fsp3) is 0.250. The van der Waals surface area contributed by atoms with Crippen molar-refractivity contribution in [2.75, 3.05) is 6.54 Å². The van der Waals surface area contributed by atoms with Gasteiger partial charge in [0.05, 0.1) is 6.54 Å². The molecule has 3 rings (SSSR count). The summed E-state index contributed by atoms with van der Waals surface area (Å²) in [6.45, 7) is 1.21.